The van der Waals surface area contributed by atoms with Crippen molar-refractivity contribution in [1.29, 1.82) is 0 Å². The Morgan fingerprint density at radius 2 is 1.90 bits per heavy atom. The van der Waals surface area contributed by atoms with Gasteiger partial charge in [0.2, 0.25) is 0 Å². The van der Waals surface area contributed by atoms with E-state index in [0.29, 0.717) is 17.0 Å². The second kappa shape index (κ2) is 4.66. The number of aryl methyl sites for hydroxylation is 2. The van der Waals surface area contributed by atoms with E-state index in [4.69, 9.17) is 9.15 Å². The van der Waals surface area contributed by atoms with Crippen LogP contribution in [0.3, 0.4) is 0 Å². The minimum absolute atomic E-state index is 0.180. The summed E-state index contributed by atoms with van der Waals surface area (Å²) in [7, 11) is 1.50. The van der Waals surface area contributed by atoms with Crippen molar-refractivity contribution in [3.8, 4) is 11.4 Å². The van der Waals surface area contributed by atoms with Crippen molar-refractivity contribution in [2.24, 2.45) is 0 Å². The lowest BCUT2D eigenvalue weighted by molar-refractivity contribution is 0.410. The fraction of sp³-hybridized carbons (Fsp3) is 0.200. The van der Waals surface area contributed by atoms with E-state index in [1.807, 2.05) is 6.92 Å². The van der Waals surface area contributed by atoms with Crippen LogP contribution in [0.4, 0.5) is 0 Å². The Balaban J connectivity index is 2.39. The van der Waals surface area contributed by atoms with Gasteiger partial charge in [-0.25, -0.2) is 9.48 Å². The van der Waals surface area contributed by atoms with Gasteiger partial charge in [-0.1, -0.05) is 0 Å². The first-order valence-electron chi connectivity index (χ1n) is 6.41. The van der Waals surface area contributed by atoms with Crippen molar-refractivity contribution >= 4 is 11.0 Å². The molecule has 3 rings (SSSR count). The van der Waals surface area contributed by atoms with Crippen LogP contribution in [0.25, 0.3) is 16.7 Å². The zero-order valence-corrected chi connectivity index (χ0v) is 11.9. The van der Waals surface area contributed by atoms with Crippen LogP contribution < -0.4 is 15.9 Å². The molecule has 2 aromatic heterocycles. The third kappa shape index (κ3) is 2.14. The molecule has 0 amide bonds. The molecule has 2 heterocycles. The summed E-state index contributed by atoms with van der Waals surface area (Å²) in [6, 6.07) is 6.30. The second-order valence-corrected chi connectivity index (χ2v) is 4.88. The highest BCUT2D eigenvalue weighted by molar-refractivity contribution is 5.84. The molecule has 0 aliphatic heterocycles. The maximum atomic E-state index is 12.0. The second-order valence-electron chi connectivity index (χ2n) is 4.88. The lowest BCUT2D eigenvalue weighted by atomic mass is 10.1. The Morgan fingerprint density at radius 1 is 1.14 bits per heavy atom. The predicted molar refractivity (Wildman–Crippen MR) is 78.5 cm³/mol. The number of benzene rings is 1. The molecule has 21 heavy (non-hydrogen) atoms. The Hall–Kier alpha value is -2.76. The molecule has 1 aromatic carbocycles. The van der Waals surface area contributed by atoms with Crippen LogP contribution >= 0.6 is 0 Å². The zero-order valence-electron chi connectivity index (χ0n) is 11.9. The van der Waals surface area contributed by atoms with Crippen molar-refractivity contribution in [1.82, 2.24) is 9.78 Å². The third-order valence-electron chi connectivity index (χ3n) is 3.34. The minimum atomic E-state index is -0.414. The predicted octanol–water partition coefficient (Wildman–Crippen LogP) is 1.90. The molecule has 1 N–H and O–H groups in total. The highest BCUT2D eigenvalue weighted by atomic mass is 16.5. The van der Waals surface area contributed by atoms with E-state index >= 15 is 0 Å². The normalized spacial score (nSPS) is 11.0. The van der Waals surface area contributed by atoms with Gasteiger partial charge in [-0.05, 0) is 25.5 Å². The van der Waals surface area contributed by atoms with Crippen LogP contribution in [-0.4, -0.2) is 16.9 Å². The van der Waals surface area contributed by atoms with Crippen LogP contribution in [0.1, 0.15) is 11.3 Å². The molecular formula is C15H14N2O4. The molecule has 0 aliphatic carbocycles. The largest absolute Gasteiger partial charge is 0.494 e. The van der Waals surface area contributed by atoms with Gasteiger partial charge in [0.1, 0.15) is 17.0 Å². The summed E-state index contributed by atoms with van der Waals surface area (Å²) in [5.74, 6) is 0.445. The van der Waals surface area contributed by atoms with Gasteiger partial charge >= 0.3 is 5.63 Å². The first kappa shape index (κ1) is 13.2. The Kier molecular flexibility index (Phi) is 2.94. The van der Waals surface area contributed by atoms with Crippen molar-refractivity contribution in [3.63, 3.8) is 0 Å². The third-order valence-corrected chi connectivity index (χ3v) is 3.34. The average Bonchev–Trinajstić information content (AvgIpc) is 2.76. The molecule has 0 atom stereocenters. The summed E-state index contributed by atoms with van der Waals surface area (Å²) in [5, 5.41) is 3.72. The average molecular weight is 286 g/mol. The molecule has 108 valence electrons. The van der Waals surface area contributed by atoms with Crippen molar-refractivity contribution < 1.29 is 9.15 Å². The molecule has 0 radical (unpaired) electrons. The zero-order chi connectivity index (χ0) is 15.1. The van der Waals surface area contributed by atoms with Crippen LogP contribution in [0, 0.1) is 13.8 Å². The van der Waals surface area contributed by atoms with Gasteiger partial charge in [0.05, 0.1) is 7.11 Å². The summed E-state index contributed by atoms with van der Waals surface area (Å²) >= 11 is 0. The Labute approximate surface area is 119 Å². The Bertz CT molecular complexity index is 946. The van der Waals surface area contributed by atoms with Crippen molar-refractivity contribution in [2.45, 2.75) is 13.8 Å². The lowest BCUT2D eigenvalue weighted by Gasteiger charge is -2.11. The number of H-pyrrole nitrogens is 1. The van der Waals surface area contributed by atoms with Gasteiger partial charge in [0.25, 0.3) is 5.56 Å². The van der Waals surface area contributed by atoms with Crippen molar-refractivity contribution in [2.75, 3.05) is 7.11 Å². The highest BCUT2D eigenvalue weighted by Crippen LogP contribution is 2.28. The van der Waals surface area contributed by atoms with Gasteiger partial charge < -0.3 is 9.15 Å². The molecular weight excluding hydrogens is 272 g/mol. The molecule has 3 aromatic rings. The first-order valence-corrected chi connectivity index (χ1v) is 6.41. The van der Waals surface area contributed by atoms with E-state index in [9.17, 15) is 9.59 Å². The number of hydrogen-bond acceptors (Lipinski definition) is 4. The maximum absolute atomic E-state index is 12.0. The van der Waals surface area contributed by atoms with Gasteiger partial charge in [0, 0.05) is 29.3 Å². The van der Waals surface area contributed by atoms with Gasteiger partial charge in [-0.15, -0.1) is 0 Å². The molecule has 0 saturated carbocycles. The van der Waals surface area contributed by atoms with Gasteiger partial charge in [-0.2, -0.15) is 0 Å². The number of methoxy groups -OCH3 is 1. The molecule has 0 aliphatic rings. The van der Waals surface area contributed by atoms with Crippen LogP contribution in [-0.2, 0) is 0 Å². The van der Waals surface area contributed by atoms with E-state index in [1.54, 1.807) is 19.1 Å². The summed E-state index contributed by atoms with van der Waals surface area (Å²) in [6.45, 7) is 3.62. The molecule has 0 unspecified atom stereocenters. The van der Waals surface area contributed by atoms with Crippen LogP contribution in [0.15, 0.2) is 38.3 Å². The molecule has 0 fully saturated rings. The number of aromatic amines is 1. The highest BCUT2D eigenvalue weighted by Gasteiger charge is 2.13. The van der Waals surface area contributed by atoms with Gasteiger partial charge in [0.15, 0.2) is 0 Å². The summed E-state index contributed by atoms with van der Waals surface area (Å²) in [5.41, 5.74) is 1.93. The molecule has 6 heteroatoms. The topological polar surface area (TPSA) is 77.2 Å². The van der Waals surface area contributed by atoms with E-state index in [0.717, 1.165) is 16.6 Å². The maximum Gasteiger partial charge on any atom is 0.336 e. The van der Waals surface area contributed by atoms with E-state index in [1.165, 1.54) is 23.9 Å². The van der Waals surface area contributed by atoms with Crippen LogP contribution in [0.5, 0.6) is 5.75 Å². The van der Waals surface area contributed by atoms with Crippen molar-refractivity contribution in [3.05, 3.63) is 56.3 Å². The minimum Gasteiger partial charge on any atom is -0.494 e. The molecule has 0 spiro atoms. The summed E-state index contributed by atoms with van der Waals surface area (Å²) < 4.78 is 11.9. The summed E-state index contributed by atoms with van der Waals surface area (Å²) in [6.07, 6.45) is 0. The number of nitrogens with zero attached hydrogens (tertiary/aromatic N) is 1. The van der Waals surface area contributed by atoms with E-state index < -0.39 is 5.63 Å². The summed E-state index contributed by atoms with van der Waals surface area (Å²) in [4.78, 5) is 23.4. The number of fused-ring (bicyclic) bond motifs is 1. The molecule has 0 bridgehead atoms. The lowest BCUT2D eigenvalue weighted by Crippen LogP contribution is -2.14. The molecule has 6 nitrogen and oxygen atoms in total. The fourth-order valence-electron chi connectivity index (χ4n) is 2.37. The smallest absolute Gasteiger partial charge is 0.336 e. The first-order chi connectivity index (χ1) is 9.99. The number of ether oxygens (including phenoxy) is 1. The number of nitrogens with one attached hydrogen (secondary N) is 1. The standard InChI is InChI=1S/C15H14N2O4/c1-8-4-15(19)21-12-7-13(20-3)11(6-10(8)12)17-14(18)5-9(2)16-17/h4-7,16H,1-3H3. The monoisotopic (exact) mass is 286 g/mol. The SMILES string of the molecule is COc1cc2oc(=O)cc(C)c2cc1-n1[nH]c(C)cc1=O. The number of rotatable bonds is 2. The fourth-order valence-corrected chi connectivity index (χ4v) is 2.37. The Morgan fingerprint density at radius 3 is 2.52 bits per heavy atom. The van der Waals surface area contributed by atoms with Gasteiger partial charge in [-0.3, -0.25) is 9.89 Å². The van der Waals surface area contributed by atoms with E-state index in [-0.39, 0.29) is 5.56 Å². The molecule has 0 saturated heterocycles. The number of hydrogen-bond donors (Lipinski definition) is 1. The number of aromatic nitrogens is 2. The van der Waals surface area contributed by atoms with E-state index in [2.05, 4.69) is 5.10 Å². The van der Waals surface area contributed by atoms with Crippen LogP contribution in [0.2, 0.25) is 0 Å². The quantitative estimate of drug-likeness (QED) is 0.730.